The molecule has 0 radical (unpaired) electrons. The summed E-state index contributed by atoms with van der Waals surface area (Å²) in [6.45, 7) is 7.94. The Morgan fingerprint density at radius 2 is 1.71 bits per heavy atom. The molecule has 2 rings (SSSR count). The molecule has 0 saturated heterocycles. The van der Waals surface area contributed by atoms with Crippen molar-refractivity contribution in [1.29, 1.82) is 0 Å². The molecule has 0 aliphatic heterocycles. The van der Waals surface area contributed by atoms with Crippen molar-refractivity contribution < 1.29 is 0 Å². The van der Waals surface area contributed by atoms with Crippen LogP contribution in [0.15, 0.2) is 18.6 Å². The van der Waals surface area contributed by atoms with E-state index in [0.29, 0.717) is 0 Å². The topological polar surface area (TPSA) is 38.7 Å². The second-order valence-corrected chi connectivity index (χ2v) is 2.80. The first-order chi connectivity index (χ1) is 6.77. The molecule has 0 spiro atoms. The first-order valence-electron chi connectivity index (χ1n) is 4.81. The fourth-order valence-corrected chi connectivity index (χ4v) is 1.19. The second-order valence-electron chi connectivity index (χ2n) is 2.80. The molecule has 0 aliphatic rings. The highest BCUT2D eigenvalue weighted by Crippen LogP contribution is 2.12. The van der Waals surface area contributed by atoms with E-state index in [2.05, 4.69) is 15.0 Å². The largest absolute Gasteiger partial charge is 0.259 e. The summed E-state index contributed by atoms with van der Waals surface area (Å²) in [7, 11) is 0. The lowest BCUT2D eigenvalue weighted by Crippen LogP contribution is -1.89. The van der Waals surface area contributed by atoms with Crippen LogP contribution in [-0.2, 0) is 0 Å². The number of hydrogen-bond donors (Lipinski definition) is 0. The molecule has 2 aromatic rings. The molecule has 0 aromatic carbocycles. The van der Waals surface area contributed by atoms with Crippen molar-refractivity contribution in [3.8, 4) is 0 Å². The molecule has 3 heteroatoms. The molecule has 2 heterocycles. The first kappa shape index (κ1) is 10.6. The van der Waals surface area contributed by atoms with Crippen LogP contribution in [0.2, 0.25) is 0 Å². The maximum Gasteiger partial charge on any atom is 0.116 e. The highest BCUT2D eigenvalue weighted by Gasteiger charge is 1.98. The average Bonchev–Trinajstić information content (AvgIpc) is 2.22. The Bertz CT molecular complexity index is 424. The quantitative estimate of drug-likeness (QED) is 0.639. The van der Waals surface area contributed by atoms with Crippen LogP contribution in [-0.4, -0.2) is 15.0 Å². The standard InChI is InChI=1S/C9H9N3.C2H6/c1-6-3-8-7(2)11-5-12-9(8)4-10-6;1-2/h3-5H,1-2H3;1-2H3. The van der Waals surface area contributed by atoms with Crippen molar-refractivity contribution in [2.45, 2.75) is 27.7 Å². The highest BCUT2D eigenvalue weighted by atomic mass is 14.8. The second kappa shape index (κ2) is 4.65. The fourth-order valence-electron chi connectivity index (χ4n) is 1.19. The van der Waals surface area contributed by atoms with E-state index >= 15 is 0 Å². The molecule has 2 aromatic heterocycles. The number of nitrogens with zero attached hydrogens (tertiary/aromatic N) is 3. The number of hydrogen-bond acceptors (Lipinski definition) is 3. The van der Waals surface area contributed by atoms with Crippen molar-refractivity contribution >= 4 is 10.9 Å². The van der Waals surface area contributed by atoms with Crippen LogP contribution in [0.25, 0.3) is 10.9 Å². The van der Waals surface area contributed by atoms with Crippen LogP contribution < -0.4 is 0 Å². The Morgan fingerprint density at radius 3 is 2.43 bits per heavy atom. The molecule has 0 saturated carbocycles. The normalized spacial score (nSPS) is 9.43. The van der Waals surface area contributed by atoms with Crippen molar-refractivity contribution in [3.63, 3.8) is 0 Å². The number of aromatic nitrogens is 3. The molecule has 74 valence electrons. The van der Waals surface area contributed by atoms with Gasteiger partial charge in [0.05, 0.1) is 11.7 Å². The maximum atomic E-state index is 4.16. The van der Waals surface area contributed by atoms with Gasteiger partial charge in [0.15, 0.2) is 0 Å². The third kappa shape index (κ3) is 2.05. The molecule has 0 bridgehead atoms. The Hall–Kier alpha value is -1.51. The Balaban J connectivity index is 0.000000461. The van der Waals surface area contributed by atoms with E-state index in [1.54, 1.807) is 12.5 Å². The lowest BCUT2D eigenvalue weighted by atomic mass is 10.2. The van der Waals surface area contributed by atoms with E-state index < -0.39 is 0 Å². The van der Waals surface area contributed by atoms with E-state index in [0.717, 1.165) is 22.3 Å². The van der Waals surface area contributed by atoms with E-state index in [9.17, 15) is 0 Å². The van der Waals surface area contributed by atoms with Gasteiger partial charge in [0.2, 0.25) is 0 Å². The van der Waals surface area contributed by atoms with Gasteiger partial charge in [0, 0.05) is 16.8 Å². The van der Waals surface area contributed by atoms with E-state index in [-0.39, 0.29) is 0 Å². The summed E-state index contributed by atoms with van der Waals surface area (Å²) < 4.78 is 0. The molecule has 3 nitrogen and oxygen atoms in total. The number of aryl methyl sites for hydroxylation is 2. The van der Waals surface area contributed by atoms with Crippen LogP contribution in [0.5, 0.6) is 0 Å². The Labute approximate surface area is 84.2 Å². The van der Waals surface area contributed by atoms with Crippen LogP contribution >= 0.6 is 0 Å². The van der Waals surface area contributed by atoms with Crippen LogP contribution in [0, 0.1) is 13.8 Å². The minimum Gasteiger partial charge on any atom is -0.259 e. The predicted octanol–water partition coefficient (Wildman–Crippen LogP) is 2.67. The number of pyridine rings is 1. The SMILES string of the molecule is CC.Cc1cc2c(C)ncnc2cn1. The third-order valence-corrected chi connectivity index (χ3v) is 1.86. The van der Waals surface area contributed by atoms with Crippen LogP contribution in [0.3, 0.4) is 0 Å². The van der Waals surface area contributed by atoms with Gasteiger partial charge in [-0.05, 0) is 19.9 Å². The minimum absolute atomic E-state index is 0.910. The zero-order valence-electron chi connectivity index (χ0n) is 9.07. The summed E-state index contributed by atoms with van der Waals surface area (Å²) >= 11 is 0. The van der Waals surface area contributed by atoms with Crippen molar-refractivity contribution in [2.24, 2.45) is 0 Å². The van der Waals surface area contributed by atoms with Gasteiger partial charge in [0.25, 0.3) is 0 Å². The Morgan fingerprint density at radius 1 is 1.00 bits per heavy atom. The first-order valence-corrected chi connectivity index (χ1v) is 4.81. The summed E-state index contributed by atoms with van der Waals surface area (Å²) in [4.78, 5) is 12.4. The van der Waals surface area contributed by atoms with Gasteiger partial charge in [0.1, 0.15) is 6.33 Å². The van der Waals surface area contributed by atoms with Crippen molar-refractivity contribution in [1.82, 2.24) is 15.0 Å². The van der Waals surface area contributed by atoms with Gasteiger partial charge in [-0.15, -0.1) is 0 Å². The molecule has 0 atom stereocenters. The minimum atomic E-state index is 0.910. The van der Waals surface area contributed by atoms with Gasteiger partial charge in [-0.3, -0.25) is 4.98 Å². The maximum absolute atomic E-state index is 4.16. The lowest BCUT2D eigenvalue weighted by molar-refractivity contribution is 1.13. The monoisotopic (exact) mass is 189 g/mol. The summed E-state index contributed by atoms with van der Waals surface area (Å²) in [5.41, 5.74) is 2.92. The molecule has 0 fully saturated rings. The fraction of sp³-hybridized carbons (Fsp3) is 0.364. The molecule has 0 unspecified atom stereocenters. The lowest BCUT2D eigenvalue weighted by Gasteiger charge is -1.99. The number of fused-ring (bicyclic) bond motifs is 1. The zero-order valence-corrected chi connectivity index (χ0v) is 9.07. The van der Waals surface area contributed by atoms with Gasteiger partial charge >= 0.3 is 0 Å². The van der Waals surface area contributed by atoms with Gasteiger partial charge in [-0.2, -0.15) is 0 Å². The van der Waals surface area contributed by atoms with Crippen LogP contribution in [0.4, 0.5) is 0 Å². The summed E-state index contributed by atoms with van der Waals surface area (Å²) in [6.07, 6.45) is 3.34. The molecule has 0 amide bonds. The molecular formula is C11H15N3. The molecule has 0 aliphatic carbocycles. The zero-order chi connectivity index (χ0) is 10.6. The van der Waals surface area contributed by atoms with Crippen molar-refractivity contribution in [3.05, 3.63) is 30.0 Å². The summed E-state index contributed by atoms with van der Waals surface area (Å²) in [5.74, 6) is 0. The van der Waals surface area contributed by atoms with Crippen LogP contribution in [0.1, 0.15) is 25.2 Å². The van der Waals surface area contributed by atoms with Gasteiger partial charge in [-0.1, -0.05) is 13.8 Å². The van der Waals surface area contributed by atoms with E-state index in [4.69, 9.17) is 0 Å². The van der Waals surface area contributed by atoms with Gasteiger partial charge in [-0.25, -0.2) is 9.97 Å². The third-order valence-electron chi connectivity index (χ3n) is 1.86. The number of rotatable bonds is 0. The predicted molar refractivity (Wildman–Crippen MR) is 58.2 cm³/mol. The van der Waals surface area contributed by atoms with E-state index in [1.165, 1.54) is 0 Å². The van der Waals surface area contributed by atoms with Gasteiger partial charge < -0.3 is 0 Å². The average molecular weight is 189 g/mol. The molecule has 14 heavy (non-hydrogen) atoms. The molecular weight excluding hydrogens is 174 g/mol. The molecule has 0 N–H and O–H groups in total. The summed E-state index contributed by atoms with van der Waals surface area (Å²) in [5, 5.41) is 1.09. The Kier molecular flexibility index (Phi) is 3.51. The highest BCUT2D eigenvalue weighted by molar-refractivity contribution is 5.79. The summed E-state index contributed by atoms with van der Waals surface area (Å²) in [6, 6.07) is 2.00. The smallest absolute Gasteiger partial charge is 0.116 e. The van der Waals surface area contributed by atoms with E-state index in [1.807, 2.05) is 33.8 Å². The van der Waals surface area contributed by atoms with Crippen molar-refractivity contribution in [2.75, 3.05) is 0 Å².